The van der Waals surface area contributed by atoms with Gasteiger partial charge in [-0.1, -0.05) is 0 Å². The molecule has 4 heteroatoms. The highest BCUT2D eigenvalue weighted by atomic mass is 16.5. The minimum Gasteiger partial charge on any atom is -0.479 e. The van der Waals surface area contributed by atoms with E-state index in [0.29, 0.717) is 0 Å². The lowest BCUT2D eigenvalue weighted by atomic mass is 9.83. The van der Waals surface area contributed by atoms with E-state index in [1.807, 2.05) is 0 Å². The number of carboxylic acid groups (broad SMARTS) is 1. The maximum absolute atomic E-state index is 11.0. The van der Waals surface area contributed by atoms with Gasteiger partial charge < -0.3 is 15.2 Å². The van der Waals surface area contributed by atoms with Crippen molar-refractivity contribution >= 4 is 5.97 Å². The minimum atomic E-state index is -1.03. The lowest BCUT2D eigenvalue weighted by Gasteiger charge is -2.35. The first-order chi connectivity index (χ1) is 6.11. The van der Waals surface area contributed by atoms with Crippen LogP contribution in [0.5, 0.6) is 0 Å². The average Bonchev–Trinajstić information content (AvgIpc) is 2.17. The van der Waals surface area contributed by atoms with Crippen LogP contribution in [0.4, 0.5) is 0 Å². The van der Waals surface area contributed by atoms with Gasteiger partial charge in [-0.2, -0.15) is 0 Å². The topological polar surface area (TPSA) is 58.6 Å². The van der Waals surface area contributed by atoms with Crippen LogP contribution in [0.15, 0.2) is 0 Å². The summed E-state index contributed by atoms with van der Waals surface area (Å²) in [6.45, 7) is 3.36. The van der Waals surface area contributed by atoms with Crippen molar-refractivity contribution in [3.05, 3.63) is 0 Å². The molecule has 0 bridgehead atoms. The van der Waals surface area contributed by atoms with Crippen molar-refractivity contribution in [2.24, 2.45) is 5.92 Å². The number of piperidine rings is 1. The van der Waals surface area contributed by atoms with E-state index >= 15 is 0 Å². The van der Waals surface area contributed by atoms with E-state index in [1.54, 1.807) is 6.92 Å². The summed E-state index contributed by atoms with van der Waals surface area (Å²) in [5.41, 5.74) is -1.03. The van der Waals surface area contributed by atoms with Crippen LogP contribution in [0.25, 0.3) is 0 Å². The molecule has 0 radical (unpaired) electrons. The molecule has 2 unspecified atom stereocenters. The fraction of sp³-hybridized carbons (Fsp3) is 0.889. The van der Waals surface area contributed by atoms with Crippen LogP contribution in [0.1, 0.15) is 19.8 Å². The molecule has 0 amide bonds. The molecule has 1 heterocycles. The van der Waals surface area contributed by atoms with Gasteiger partial charge in [-0.15, -0.1) is 0 Å². The van der Waals surface area contributed by atoms with Gasteiger partial charge in [-0.25, -0.2) is 4.79 Å². The van der Waals surface area contributed by atoms with Crippen LogP contribution in [-0.2, 0) is 9.53 Å². The van der Waals surface area contributed by atoms with Crippen LogP contribution in [0.3, 0.4) is 0 Å². The zero-order chi connectivity index (χ0) is 9.90. The normalized spacial score (nSPS) is 28.0. The van der Waals surface area contributed by atoms with Crippen LogP contribution in [0.2, 0.25) is 0 Å². The van der Waals surface area contributed by atoms with Gasteiger partial charge in [0.2, 0.25) is 0 Å². The van der Waals surface area contributed by atoms with E-state index in [2.05, 4.69) is 5.32 Å². The highest BCUT2D eigenvalue weighted by Crippen LogP contribution is 2.27. The summed E-state index contributed by atoms with van der Waals surface area (Å²) in [6, 6.07) is 0. The highest BCUT2D eigenvalue weighted by molar-refractivity contribution is 5.77. The van der Waals surface area contributed by atoms with Gasteiger partial charge >= 0.3 is 5.97 Å². The first kappa shape index (κ1) is 10.5. The largest absolute Gasteiger partial charge is 0.479 e. The summed E-state index contributed by atoms with van der Waals surface area (Å²) in [6.07, 6.45) is 1.94. The number of rotatable bonds is 3. The molecule has 0 aromatic rings. The summed E-state index contributed by atoms with van der Waals surface area (Å²) < 4.78 is 5.10. The number of aliphatic carboxylic acids is 1. The number of ether oxygens (including phenoxy) is 1. The molecule has 4 nitrogen and oxygen atoms in total. The molecule has 13 heavy (non-hydrogen) atoms. The Hall–Kier alpha value is -0.610. The first-order valence-electron chi connectivity index (χ1n) is 4.60. The number of methoxy groups -OCH3 is 1. The third-order valence-corrected chi connectivity index (χ3v) is 2.92. The molecule has 1 aliphatic heterocycles. The third-order valence-electron chi connectivity index (χ3n) is 2.92. The predicted molar refractivity (Wildman–Crippen MR) is 48.6 cm³/mol. The number of hydrogen-bond acceptors (Lipinski definition) is 3. The zero-order valence-corrected chi connectivity index (χ0v) is 8.17. The molecule has 0 saturated carbocycles. The lowest BCUT2D eigenvalue weighted by Crippen LogP contribution is -2.50. The maximum atomic E-state index is 11.0. The molecule has 0 aromatic heterocycles. The number of nitrogens with one attached hydrogen (secondary N) is 1. The molecule has 1 aliphatic rings. The van der Waals surface area contributed by atoms with Crippen molar-refractivity contribution in [1.82, 2.24) is 5.32 Å². The Kier molecular flexibility index (Phi) is 3.27. The van der Waals surface area contributed by atoms with Crippen LogP contribution in [0, 0.1) is 5.92 Å². The van der Waals surface area contributed by atoms with Crippen molar-refractivity contribution < 1.29 is 14.6 Å². The van der Waals surface area contributed by atoms with Gasteiger partial charge in [0.15, 0.2) is 5.60 Å². The SMILES string of the molecule is COC(C)(C(=O)O)C1CCCNC1. The number of hydrogen-bond donors (Lipinski definition) is 2. The van der Waals surface area contributed by atoms with Gasteiger partial charge in [0.25, 0.3) is 0 Å². The second-order valence-electron chi connectivity index (χ2n) is 3.66. The lowest BCUT2D eigenvalue weighted by molar-refractivity contribution is -0.167. The molecule has 1 fully saturated rings. The summed E-state index contributed by atoms with van der Waals surface area (Å²) in [5.74, 6) is -0.799. The predicted octanol–water partition coefficient (Wildman–Crippen LogP) is 0.476. The van der Waals surface area contributed by atoms with Gasteiger partial charge in [0, 0.05) is 19.6 Å². The van der Waals surface area contributed by atoms with E-state index in [-0.39, 0.29) is 5.92 Å². The zero-order valence-electron chi connectivity index (χ0n) is 8.17. The molecular weight excluding hydrogens is 170 g/mol. The van der Waals surface area contributed by atoms with E-state index in [4.69, 9.17) is 9.84 Å². The average molecular weight is 187 g/mol. The van der Waals surface area contributed by atoms with E-state index in [0.717, 1.165) is 25.9 Å². The number of carbonyl (C=O) groups is 1. The summed E-state index contributed by atoms with van der Waals surface area (Å²) in [7, 11) is 1.46. The summed E-state index contributed by atoms with van der Waals surface area (Å²) in [5, 5.41) is 12.2. The molecule has 1 saturated heterocycles. The first-order valence-corrected chi connectivity index (χ1v) is 4.60. The van der Waals surface area contributed by atoms with Gasteiger partial charge in [0.1, 0.15) is 0 Å². The van der Waals surface area contributed by atoms with E-state index in [1.165, 1.54) is 7.11 Å². The molecular formula is C9H17NO3. The fourth-order valence-corrected chi connectivity index (χ4v) is 1.75. The Morgan fingerprint density at radius 2 is 2.38 bits per heavy atom. The summed E-state index contributed by atoms with van der Waals surface area (Å²) in [4.78, 5) is 11.0. The third kappa shape index (κ3) is 2.00. The Labute approximate surface area is 78.3 Å². The standard InChI is InChI=1S/C9H17NO3/c1-9(13-2,8(11)12)7-4-3-5-10-6-7/h7,10H,3-6H2,1-2H3,(H,11,12). The Bertz CT molecular complexity index is 189. The molecule has 1 rings (SSSR count). The van der Waals surface area contributed by atoms with Gasteiger partial charge in [-0.05, 0) is 26.3 Å². The van der Waals surface area contributed by atoms with E-state index in [9.17, 15) is 4.79 Å². The molecule has 76 valence electrons. The second-order valence-corrected chi connectivity index (χ2v) is 3.66. The van der Waals surface area contributed by atoms with Gasteiger partial charge in [-0.3, -0.25) is 0 Å². The molecule has 0 aromatic carbocycles. The molecule has 2 N–H and O–H groups in total. The molecule has 0 spiro atoms. The van der Waals surface area contributed by atoms with Crippen molar-refractivity contribution in [3.8, 4) is 0 Å². The molecule has 2 atom stereocenters. The highest BCUT2D eigenvalue weighted by Gasteiger charge is 2.41. The Balaban J connectivity index is 2.68. The second kappa shape index (κ2) is 4.07. The quantitative estimate of drug-likeness (QED) is 0.674. The summed E-state index contributed by atoms with van der Waals surface area (Å²) >= 11 is 0. The monoisotopic (exact) mass is 187 g/mol. The van der Waals surface area contributed by atoms with Crippen molar-refractivity contribution in [2.75, 3.05) is 20.2 Å². The van der Waals surface area contributed by atoms with Gasteiger partial charge in [0.05, 0.1) is 0 Å². The van der Waals surface area contributed by atoms with Crippen LogP contribution < -0.4 is 5.32 Å². The Morgan fingerprint density at radius 3 is 2.77 bits per heavy atom. The van der Waals surface area contributed by atoms with E-state index < -0.39 is 11.6 Å². The number of carboxylic acids is 1. The Morgan fingerprint density at radius 1 is 1.69 bits per heavy atom. The minimum absolute atomic E-state index is 0.0729. The fourth-order valence-electron chi connectivity index (χ4n) is 1.75. The molecule has 0 aliphatic carbocycles. The maximum Gasteiger partial charge on any atom is 0.336 e. The van der Waals surface area contributed by atoms with Crippen molar-refractivity contribution in [2.45, 2.75) is 25.4 Å². The van der Waals surface area contributed by atoms with Crippen LogP contribution >= 0.6 is 0 Å². The van der Waals surface area contributed by atoms with Crippen molar-refractivity contribution in [3.63, 3.8) is 0 Å². The van der Waals surface area contributed by atoms with Crippen molar-refractivity contribution in [1.29, 1.82) is 0 Å². The van der Waals surface area contributed by atoms with Crippen LogP contribution in [-0.4, -0.2) is 36.9 Å². The smallest absolute Gasteiger partial charge is 0.336 e.